The van der Waals surface area contributed by atoms with Gasteiger partial charge in [0.1, 0.15) is 5.82 Å². The minimum Gasteiger partial charge on any atom is -0.372 e. The monoisotopic (exact) mass is 234 g/mol. The Morgan fingerprint density at radius 1 is 1.35 bits per heavy atom. The number of hydrogen-bond donors (Lipinski definition) is 0. The van der Waals surface area contributed by atoms with Crippen LogP contribution < -0.4 is 4.90 Å². The minimum atomic E-state index is -0.296. The third-order valence-corrected chi connectivity index (χ3v) is 2.86. The van der Waals surface area contributed by atoms with Crippen molar-refractivity contribution in [1.29, 1.82) is 5.26 Å². The first kappa shape index (κ1) is 13.5. The van der Waals surface area contributed by atoms with Gasteiger partial charge in [-0.1, -0.05) is 12.1 Å². The summed E-state index contributed by atoms with van der Waals surface area (Å²) in [6.07, 6.45) is 1.70. The average molecular weight is 234 g/mol. The predicted molar refractivity (Wildman–Crippen MR) is 68.3 cm³/mol. The molecule has 0 bridgehead atoms. The van der Waals surface area contributed by atoms with Crippen molar-refractivity contribution in [3.05, 3.63) is 30.1 Å². The zero-order valence-electron chi connectivity index (χ0n) is 10.7. The number of benzene rings is 1. The molecule has 3 heteroatoms. The summed E-state index contributed by atoms with van der Waals surface area (Å²) < 4.78 is 13.5. The van der Waals surface area contributed by atoms with E-state index in [1.165, 1.54) is 6.07 Å². The maximum absolute atomic E-state index is 13.5. The molecule has 0 amide bonds. The van der Waals surface area contributed by atoms with E-state index in [4.69, 9.17) is 5.26 Å². The largest absolute Gasteiger partial charge is 0.372 e. The van der Waals surface area contributed by atoms with E-state index in [1.807, 2.05) is 31.9 Å². The van der Waals surface area contributed by atoms with Crippen LogP contribution in [0.2, 0.25) is 0 Å². The van der Waals surface area contributed by atoms with Crippen LogP contribution in [0, 0.1) is 22.6 Å². The van der Waals surface area contributed by atoms with Crippen LogP contribution in [0.3, 0.4) is 0 Å². The summed E-state index contributed by atoms with van der Waals surface area (Å²) >= 11 is 0. The first-order valence-electron chi connectivity index (χ1n) is 5.83. The zero-order valence-corrected chi connectivity index (χ0v) is 10.7. The molecule has 0 atom stereocenters. The van der Waals surface area contributed by atoms with Crippen LogP contribution >= 0.6 is 0 Å². The van der Waals surface area contributed by atoms with Crippen molar-refractivity contribution in [2.45, 2.75) is 26.7 Å². The van der Waals surface area contributed by atoms with Crippen molar-refractivity contribution in [3.63, 3.8) is 0 Å². The minimum absolute atomic E-state index is 0.199. The Balaban J connectivity index is 2.49. The Hall–Kier alpha value is -1.56. The van der Waals surface area contributed by atoms with Gasteiger partial charge in [0.15, 0.2) is 0 Å². The highest BCUT2D eigenvalue weighted by atomic mass is 19.1. The Kier molecular flexibility index (Phi) is 4.51. The number of hydrogen-bond acceptors (Lipinski definition) is 2. The lowest BCUT2D eigenvalue weighted by molar-refractivity contribution is 0.436. The van der Waals surface area contributed by atoms with Gasteiger partial charge in [-0.05, 0) is 38.8 Å². The summed E-state index contributed by atoms with van der Waals surface area (Å²) in [5.74, 6) is -0.199. The number of para-hydroxylation sites is 1. The molecule has 0 heterocycles. The van der Waals surface area contributed by atoms with Crippen LogP contribution in [-0.2, 0) is 0 Å². The quantitative estimate of drug-likeness (QED) is 0.778. The molecule has 0 aliphatic rings. The summed E-state index contributed by atoms with van der Waals surface area (Å²) in [6, 6.07) is 9.02. The summed E-state index contributed by atoms with van der Waals surface area (Å²) in [5.41, 5.74) is 0.318. The molecule has 1 aromatic carbocycles. The highest BCUT2D eigenvalue weighted by Gasteiger charge is 2.16. The second kappa shape index (κ2) is 5.67. The summed E-state index contributed by atoms with van der Waals surface area (Å²) in [7, 11) is 1.87. The number of halogens is 1. The highest BCUT2D eigenvalue weighted by molar-refractivity contribution is 5.46. The molecule has 0 fully saturated rings. The Morgan fingerprint density at radius 3 is 2.59 bits per heavy atom. The molecule has 0 saturated carbocycles. The van der Waals surface area contributed by atoms with Gasteiger partial charge < -0.3 is 4.90 Å². The second-order valence-corrected chi connectivity index (χ2v) is 4.97. The van der Waals surface area contributed by atoms with Gasteiger partial charge in [0.05, 0.1) is 17.2 Å². The molecule has 2 nitrogen and oxygen atoms in total. The van der Waals surface area contributed by atoms with Crippen molar-refractivity contribution in [1.82, 2.24) is 0 Å². The third-order valence-electron chi connectivity index (χ3n) is 2.86. The summed E-state index contributed by atoms with van der Waals surface area (Å²) in [6.45, 7) is 4.61. The number of rotatable bonds is 5. The molecular formula is C14H19FN2. The summed E-state index contributed by atoms with van der Waals surface area (Å²) in [4.78, 5) is 1.89. The van der Waals surface area contributed by atoms with E-state index >= 15 is 0 Å². The van der Waals surface area contributed by atoms with Crippen LogP contribution in [0.5, 0.6) is 0 Å². The van der Waals surface area contributed by atoms with Gasteiger partial charge in [-0.3, -0.25) is 0 Å². The van der Waals surface area contributed by atoms with Crippen LogP contribution in [0.25, 0.3) is 0 Å². The number of nitriles is 1. The highest BCUT2D eigenvalue weighted by Crippen LogP contribution is 2.22. The molecule has 1 aromatic rings. The van der Waals surface area contributed by atoms with Gasteiger partial charge in [0, 0.05) is 13.6 Å². The molecule has 0 aromatic heterocycles. The standard InChI is InChI=1S/C14H19FN2/c1-14(2,11-16)9-6-10-17(3)13-8-5-4-7-12(13)15/h4-5,7-8H,6,9-10H2,1-3H3. The van der Waals surface area contributed by atoms with E-state index in [1.54, 1.807) is 12.1 Å². The van der Waals surface area contributed by atoms with Crippen LogP contribution in [0.1, 0.15) is 26.7 Å². The smallest absolute Gasteiger partial charge is 0.146 e. The van der Waals surface area contributed by atoms with Crippen LogP contribution in [0.15, 0.2) is 24.3 Å². The third kappa shape index (κ3) is 4.07. The van der Waals surface area contributed by atoms with E-state index in [2.05, 4.69) is 6.07 Å². The van der Waals surface area contributed by atoms with E-state index in [9.17, 15) is 4.39 Å². The first-order valence-corrected chi connectivity index (χ1v) is 5.83. The topological polar surface area (TPSA) is 27.0 Å². The number of nitrogens with zero attached hydrogens (tertiary/aromatic N) is 2. The SMILES string of the molecule is CN(CCCC(C)(C)C#N)c1ccccc1F. The molecular weight excluding hydrogens is 215 g/mol. The fourth-order valence-electron chi connectivity index (χ4n) is 1.70. The lowest BCUT2D eigenvalue weighted by Crippen LogP contribution is -2.21. The van der Waals surface area contributed by atoms with Gasteiger partial charge in [-0.25, -0.2) is 4.39 Å². The molecule has 0 aliphatic heterocycles. The molecule has 0 radical (unpaired) electrons. The van der Waals surface area contributed by atoms with Crippen molar-refractivity contribution in [2.75, 3.05) is 18.5 Å². The van der Waals surface area contributed by atoms with E-state index in [0.29, 0.717) is 5.69 Å². The molecule has 0 saturated heterocycles. The van der Waals surface area contributed by atoms with Gasteiger partial charge in [-0.2, -0.15) is 5.26 Å². The Morgan fingerprint density at radius 2 is 2.00 bits per heavy atom. The van der Waals surface area contributed by atoms with Gasteiger partial charge in [0.25, 0.3) is 0 Å². The molecule has 0 N–H and O–H groups in total. The lowest BCUT2D eigenvalue weighted by atomic mass is 9.90. The second-order valence-electron chi connectivity index (χ2n) is 4.97. The van der Waals surface area contributed by atoms with E-state index < -0.39 is 0 Å². The molecule has 17 heavy (non-hydrogen) atoms. The fraction of sp³-hybridized carbons (Fsp3) is 0.500. The van der Waals surface area contributed by atoms with E-state index in [0.717, 1.165) is 19.4 Å². The Labute approximate surface area is 103 Å². The van der Waals surface area contributed by atoms with Crippen LogP contribution in [-0.4, -0.2) is 13.6 Å². The van der Waals surface area contributed by atoms with Crippen molar-refractivity contribution < 1.29 is 4.39 Å². The van der Waals surface area contributed by atoms with Gasteiger partial charge in [0.2, 0.25) is 0 Å². The average Bonchev–Trinajstić information content (AvgIpc) is 2.29. The lowest BCUT2D eigenvalue weighted by Gasteiger charge is -2.22. The van der Waals surface area contributed by atoms with E-state index in [-0.39, 0.29) is 11.2 Å². The maximum atomic E-state index is 13.5. The zero-order chi connectivity index (χ0) is 12.9. The van der Waals surface area contributed by atoms with Crippen molar-refractivity contribution >= 4 is 5.69 Å². The molecule has 0 unspecified atom stereocenters. The molecule has 1 rings (SSSR count). The maximum Gasteiger partial charge on any atom is 0.146 e. The first-order chi connectivity index (χ1) is 7.96. The summed E-state index contributed by atoms with van der Waals surface area (Å²) in [5, 5.41) is 8.90. The molecule has 92 valence electrons. The van der Waals surface area contributed by atoms with Gasteiger partial charge >= 0.3 is 0 Å². The number of anilines is 1. The predicted octanol–water partition coefficient (Wildman–Crippen LogP) is 3.59. The van der Waals surface area contributed by atoms with Crippen molar-refractivity contribution in [3.8, 4) is 6.07 Å². The fourth-order valence-corrected chi connectivity index (χ4v) is 1.70. The van der Waals surface area contributed by atoms with Gasteiger partial charge in [-0.15, -0.1) is 0 Å². The van der Waals surface area contributed by atoms with Crippen LogP contribution in [0.4, 0.5) is 10.1 Å². The Bertz CT molecular complexity index is 407. The van der Waals surface area contributed by atoms with Crippen molar-refractivity contribution in [2.24, 2.45) is 5.41 Å². The molecule has 0 aliphatic carbocycles. The molecule has 0 spiro atoms. The normalized spacial score (nSPS) is 11.0.